The molecule has 1 N–H and O–H groups in total. The average Bonchev–Trinajstić information content (AvgIpc) is 2.51. The van der Waals surface area contributed by atoms with Crippen molar-refractivity contribution in [2.75, 3.05) is 45.5 Å². The van der Waals surface area contributed by atoms with E-state index in [1.165, 1.54) is 12.8 Å². The van der Waals surface area contributed by atoms with Crippen LogP contribution in [-0.4, -0.2) is 80.0 Å². The summed E-state index contributed by atoms with van der Waals surface area (Å²) in [5.74, 6) is 1.75. The number of nitrogens with zero attached hydrogens (tertiary/aromatic N) is 3. The van der Waals surface area contributed by atoms with Crippen LogP contribution in [0.15, 0.2) is 4.99 Å². The van der Waals surface area contributed by atoms with Crippen LogP contribution in [0.4, 0.5) is 0 Å². The fourth-order valence-electron chi connectivity index (χ4n) is 3.80. The molecule has 0 radical (unpaired) electrons. The molecule has 7 heteroatoms. The van der Waals surface area contributed by atoms with Gasteiger partial charge in [-0.25, -0.2) is 8.42 Å². The molecule has 2 saturated heterocycles. The molecule has 6 nitrogen and oxygen atoms in total. The van der Waals surface area contributed by atoms with Gasteiger partial charge in [-0.2, -0.15) is 0 Å². The van der Waals surface area contributed by atoms with Gasteiger partial charge in [-0.1, -0.05) is 6.92 Å². The Kier molecular flexibility index (Phi) is 6.09. The number of guanidine groups is 1. The topological polar surface area (TPSA) is 65.0 Å². The van der Waals surface area contributed by atoms with Crippen molar-refractivity contribution in [1.82, 2.24) is 15.1 Å². The van der Waals surface area contributed by atoms with E-state index in [0.717, 1.165) is 31.5 Å². The monoisotopic (exact) mass is 372 g/mol. The fourth-order valence-corrected chi connectivity index (χ4v) is 5.17. The molecular formula is C18H36N4O2S. The highest BCUT2D eigenvalue weighted by Crippen LogP contribution is 2.25. The van der Waals surface area contributed by atoms with Crippen molar-refractivity contribution in [1.29, 1.82) is 0 Å². The number of rotatable bonds is 3. The molecule has 0 bridgehead atoms. The van der Waals surface area contributed by atoms with Crippen LogP contribution in [0.2, 0.25) is 0 Å². The summed E-state index contributed by atoms with van der Waals surface area (Å²) < 4.78 is 23.7. The number of sulfone groups is 1. The van der Waals surface area contributed by atoms with E-state index in [1.54, 1.807) is 20.9 Å². The van der Waals surface area contributed by atoms with Gasteiger partial charge in [0.25, 0.3) is 0 Å². The van der Waals surface area contributed by atoms with Gasteiger partial charge in [0.1, 0.15) is 0 Å². The van der Waals surface area contributed by atoms with Crippen molar-refractivity contribution in [2.24, 2.45) is 10.9 Å². The van der Waals surface area contributed by atoms with Crippen molar-refractivity contribution < 1.29 is 8.42 Å². The molecule has 2 aliphatic heterocycles. The Labute approximate surface area is 154 Å². The highest BCUT2D eigenvalue weighted by atomic mass is 32.2. The summed E-state index contributed by atoms with van der Waals surface area (Å²) in [4.78, 5) is 9.05. The van der Waals surface area contributed by atoms with E-state index >= 15 is 0 Å². The number of hydrogen-bond donors (Lipinski definition) is 1. The molecule has 0 saturated carbocycles. The van der Waals surface area contributed by atoms with E-state index in [-0.39, 0.29) is 11.3 Å². The molecule has 2 rings (SSSR count). The van der Waals surface area contributed by atoms with Gasteiger partial charge in [0.2, 0.25) is 0 Å². The van der Waals surface area contributed by atoms with Crippen LogP contribution in [0.5, 0.6) is 0 Å². The standard InChI is InChI=1S/C18H36N4O2S/c1-15-8-7-9-22(12-15)17(2,3)13-20-16(19-6)21-10-11-25(23,24)18(4,5)14-21/h15H,7-14H2,1-6H3,(H,19,20). The van der Waals surface area contributed by atoms with Crippen molar-refractivity contribution >= 4 is 15.8 Å². The lowest BCUT2D eigenvalue weighted by atomic mass is 9.93. The minimum Gasteiger partial charge on any atom is -0.354 e. The van der Waals surface area contributed by atoms with Gasteiger partial charge in [-0.3, -0.25) is 9.89 Å². The van der Waals surface area contributed by atoms with Gasteiger partial charge in [0.15, 0.2) is 15.8 Å². The molecule has 0 aliphatic carbocycles. The molecule has 0 aromatic carbocycles. The van der Waals surface area contributed by atoms with Crippen molar-refractivity contribution in [2.45, 2.75) is 57.7 Å². The minimum absolute atomic E-state index is 0.0437. The zero-order valence-corrected chi connectivity index (χ0v) is 17.6. The first kappa shape index (κ1) is 20.5. The number of likely N-dealkylation sites (tertiary alicyclic amines) is 1. The lowest BCUT2D eigenvalue weighted by molar-refractivity contribution is 0.0734. The molecular weight excluding hydrogens is 336 g/mol. The van der Waals surface area contributed by atoms with E-state index in [9.17, 15) is 8.42 Å². The third-order valence-corrected chi connectivity index (χ3v) is 8.28. The van der Waals surface area contributed by atoms with Crippen LogP contribution in [0.1, 0.15) is 47.5 Å². The first-order valence-electron chi connectivity index (χ1n) is 9.41. The summed E-state index contributed by atoms with van der Waals surface area (Å²) in [6.45, 7) is 14.6. The Hall–Kier alpha value is -0.820. The lowest BCUT2D eigenvalue weighted by Gasteiger charge is -2.44. The fraction of sp³-hybridized carbons (Fsp3) is 0.944. The maximum absolute atomic E-state index is 12.2. The van der Waals surface area contributed by atoms with Gasteiger partial charge in [-0.15, -0.1) is 0 Å². The quantitative estimate of drug-likeness (QED) is 0.602. The Morgan fingerprint density at radius 1 is 1.32 bits per heavy atom. The normalized spacial score (nSPS) is 28.0. The Bertz CT molecular complexity index is 598. The second kappa shape index (κ2) is 7.43. The largest absolute Gasteiger partial charge is 0.354 e. The predicted molar refractivity (Wildman–Crippen MR) is 105 cm³/mol. The van der Waals surface area contributed by atoms with Gasteiger partial charge in [0.05, 0.1) is 10.5 Å². The maximum atomic E-state index is 12.2. The molecule has 0 amide bonds. The summed E-state index contributed by atoms with van der Waals surface area (Å²) in [6.07, 6.45) is 2.58. The summed E-state index contributed by atoms with van der Waals surface area (Å²) in [5, 5.41) is 3.50. The third kappa shape index (κ3) is 4.67. The number of hydrogen-bond acceptors (Lipinski definition) is 4. The van der Waals surface area contributed by atoms with E-state index in [1.807, 2.05) is 0 Å². The average molecular weight is 373 g/mol. The second-order valence-corrected chi connectivity index (χ2v) is 11.6. The Morgan fingerprint density at radius 2 is 2.00 bits per heavy atom. The van der Waals surface area contributed by atoms with Crippen molar-refractivity contribution in [3.63, 3.8) is 0 Å². The van der Waals surface area contributed by atoms with Crippen molar-refractivity contribution in [3.8, 4) is 0 Å². The first-order chi connectivity index (χ1) is 11.5. The Morgan fingerprint density at radius 3 is 2.56 bits per heavy atom. The van der Waals surface area contributed by atoms with Crippen molar-refractivity contribution in [3.05, 3.63) is 0 Å². The van der Waals surface area contributed by atoms with Crippen LogP contribution in [-0.2, 0) is 9.84 Å². The smallest absolute Gasteiger partial charge is 0.193 e. The maximum Gasteiger partial charge on any atom is 0.193 e. The second-order valence-electron chi connectivity index (χ2n) is 8.91. The van der Waals surface area contributed by atoms with Gasteiger partial charge >= 0.3 is 0 Å². The van der Waals surface area contributed by atoms with Gasteiger partial charge in [-0.05, 0) is 53.0 Å². The number of nitrogens with one attached hydrogen (secondary N) is 1. The SMILES string of the molecule is CN=C(NCC(C)(C)N1CCCC(C)C1)N1CCS(=O)(=O)C(C)(C)C1. The molecule has 1 atom stereocenters. The van der Waals surface area contributed by atoms with Crippen LogP contribution >= 0.6 is 0 Å². The predicted octanol–water partition coefficient (Wildman–Crippen LogP) is 1.58. The Balaban J connectivity index is 1.98. The molecule has 2 aliphatic rings. The summed E-state index contributed by atoms with van der Waals surface area (Å²) in [6, 6.07) is 0. The molecule has 0 spiro atoms. The van der Waals surface area contributed by atoms with E-state index < -0.39 is 14.6 Å². The summed E-state index contributed by atoms with van der Waals surface area (Å²) in [5.41, 5.74) is 0.0437. The van der Waals surface area contributed by atoms with Crippen LogP contribution < -0.4 is 5.32 Å². The minimum atomic E-state index is -3.03. The van der Waals surface area contributed by atoms with E-state index in [0.29, 0.717) is 13.1 Å². The van der Waals surface area contributed by atoms with Crippen LogP contribution in [0.3, 0.4) is 0 Å². The summed E-state index contributed by atoms with van der Waals surface area (Å²) in [7, 11) is -1.26. The molecule has 25 heavy (non-hydrogen) atoms. The molecule has 1 unspecified atom stereocenters. The molecule has 0 aromatic rings. The van der Waals surface area contributed by atoms with Gasteiger partial charge in [0, 0.05) is 38.8 Å². The van der Waals surface area contributed by atoms with Crippen LogP contribution in [0.25, 0.3) is 0 Å². The zero-order valence-electron chi connectivity index (χ0n) is 16.8. The summed E-state index contributed by atoms with van der Waals surface area (Å²) >= 11 is 0. The molecule has 146 valence electrons. The highest BCUT2D eigenvalue weighted by Gasteiger charge is 2.41. The third-order valence-electron chi connectivity index (χ3n) is 5.75. The lowest BCUT2D eigenvalue weighted by Crippen LogP contribution is -2.60. The molecule has 0 aromatic heterocycles. The zero-order chi connectivity index (χ0) is 18.9. The van der Waals surface area contributed by atoms with E-state index in [4.69, 9.17) is 0 Å². The first-order valence-corrected chi connectivity index (χ1v) is 11.1. The molecule has 2 fully saturated rings. The van der Waals surface area contributed by atoms with Gasteiger partial charge < -0.3 is 10.2 Å². The number of piperidine rings is 1. The number of aliphatic imine (C=N–C) groups is 1. The highest BCUT2D eigenvalue weighted by molar-refractivity contribution is 7.92. The molecule has 2 heterocycles. The van der Waals surface area contributed by atoms with E-state index in [2.05, 4.69) is 40.9 Å². The van der Waals surface area contributed by atoms with Crippen LogP contribution in [0, 0.1) is 5.92 Å².